The second-order valence-corrected chi connectivity index (χ2v) is 9.05. The molecule has 160 valence electrons. The fraction of sp³-hybridized carbons (Fsp3) is 0.357. The van der Waals surface area contributed by atoms with Gasteiger partial charge in [0.25, 0.3) is 0 Å². The fourth-order valence-corrected chi connectivity index (χ4v) is 4.92. The molecule has 1 saturated carbocycles. The number of amides is 1. The van der Waals surface area contributed by atoms with Crippen LogP contribution in [-0.4, -0.2) is 10.9 Å². The van der Waals surface area contributed by atoms with Crippen molar-refractivity contribution in [3.8, 4) is 11.1 Å². The van der Waals surface area contributed by atoms with Crippen LogP contribution in [0, 0.1) is 40.5 Å². The zero-order valence-corrected chi connectivity index (χ0v) is 19.3. The van der Waals surface area contributed by atoms with Crippen molar-refractivity contribution in [1.82, 2.24) is 4.98 Å². The Bertz CT molecular complexity index is 1130. The van der Waals surface area contributed by atoms with Gasteiger partial charge in [-0.15, -0.1) is 0 Å². The molecular weight excluding hydrogens is 380 g/mol. The average Bonchev–Trinajstić information content (AvgIpc) is 3.24. The van der Waals surface area contributed by atoms with Crippen LogP contribution in [0.1, 0.15) is 58.7 Å². The zero-order valence-electron chi connectivity index (χ0n) is 19.3. The molecule has 0 radical (unpaired) electrons. The highest BCUT2D eigenvalue weighted by Crippen LogP contribution is 2.41. The summed E-state index contributed by atoms with van der Waals surface area (Å²) in [5, 5.41) is 3.22. The summed E-state index contributed by atoms with van der Waals surface area (Å²) in [6.45, 7) is 10.6. The first kappa shape index (κ1) is 21.3. The fourth-order valence-electron chi connectivity index (χ4n) is 4.92. The summed E-state index contributed by atoms with van der Waals surface area (Å²) in [7, 11) is 0. The van der Waals surface area contributed by atoms with Gasteiger partial charge >= 0.3 is 0 Å². The van der Waals surface area contributed by atoms with Crippen LogP contribution >= 0.6 is 0 Å². The van der Waals surface area contributed by atoms with Crippen molar-refractivity contribution in [2.45, 2.75) is 59.8 Å². The smallest absolute Gasteiger partial charge is 0.228 e. The lowest BCUT2D eigenvalue weighted by Crippen LogP contribution is -2.26. The van der Waals surface area contributed by atoms with Crippen LogP contribution in [-0.2, 0) is 4.79 Å². The Morgan fingerprint density at radius 3 is 2.42 bits per heavy atom. The van der Waals surface area contributed by atoms with E-state index in [2.05, 4.69) is 76.3 Å². The minimum absolute atomic E-state index is 0.0243. The van der Waals surface area contributed by atoms with Crippen molar-refractivity contribution in [3.05, 3.63) is 82.2 Å². The number of carbonyl (C=O) groups is 1. The van der Waals surface area contributed by atoms with Gasteiger partial charge in [0.2, 0.25) is 5.91 Å². The summed E-state index contributed by atoms with van der Waals surface area (Å²) in [5.41, 5.74) is 10.5. The van der Waals surface area contributed by atoms with Crippen LogP contribution < -0.4 is 5.32 Å². The summed E-state index contributed by atoms with van der Waals surface area (Å²) >= 11 is 0. The van der Waals surface area contributed by atoms with Gasteiger partial charge < -0.3 is 5.32 Å². The Kier molecular flexibility index (Phi) is 5.95. The molecule has 0 aliphatic heterocycles. The van der Waals surface area contributed by atoms with Crippen molar-refractivity contribution >= 4 is 11.6 Å². The quantitative estimate of drug-likeness (QED) is 0.511. The molecule has 1 fully saturated rings. The molecule has 0 saturated heterocycles. The van der Waals surface area contributed by atoms with Gasteiger partial charge in [0.05, 0.1) is 0 Å². The lowest BCUT2D eigenvalue weighted by atomic mass is 9.87. The van der Waals surface area contributed by atoms with Gasteiger partial charge in [0.15, 0.2) is 0 Å². The van der Waals surface area contributed by atoms with E-state index in [4.69, 9.17) is 4.98 Å². The lowest BCUT2D eigenvalue weighted by molar-refractivity contribution is -0.120. The van der Waals surface area contributed by atoms with Gasteiger partial charge in [-0.05, 0) is 98.5 Å². The van der Waals surface area contributed by atoms with Gasteiger partial charge in [-0.3, -0.25) is 9.78 Å². The molecule has 2 unspecified atom stereocenters. The Morgan fingerprint density at radius 1 is 0.903 bits per heavy atom. The van der Waals surface area contributed by atoms with Crippen molar-refractivity contribution in [2.24, 2.45) is 5.92 Å². The van der Waals surface area contributed by atoms with Gasteiger partial charge in [-0.2, -0.15) is 0 Å². The highest BCUT2D eigenvalue weighted by atomic mass is 16.1. The molecule has 1 amide bonds. The van der Waals surface area contributed by atoms with E-state index >= 15 is 0 Å². The van der Waals surface area contributed by atoms with E-state index in [0.29, 0.717) is 0 Å². The number of nitrogens with one attached hydrogen (secondary N) is 1. The maximum atomic E-state index is 13.3. The average molecular weight is 413 g/mol. The maximum absolute atomic E-state index is 13.3. The predicted octanol–water partition coefficient (Wildman–Crippen LogP) is 6.81. The zero-order chi connectivity index (χ0) is 22.1. The normalized spacial score (nSPS) is 18.2. The van der Waals surface area contributed by atoms with E-state index in [9.17, 15) is 4.79 Å². The van der Waals surface area contributed by atoms with E-state index in [1.54, 1.807) is 0 Å². The number of hydrogen-bond acceptors (Lipinski definition) is 2. The number of pyridine rings is 1. The molecule has 3 nitrogen and oxygen atoms in total. The van der Waals surface area contributed by atoms with Crippen LogP contribution in [0.5, 0.6) is 0 Å². The number of hydrogen-bond donors (Lipinski definition) is 1. The summed E-state index contributed by atoms with van der Waals surface area (Å²) in [6.07, 6.45) is 4.98. The number of carbonyl (C=O) groups excluding carboxylic acids is 1. The molecule has 3 aromatic rings. The van der Waals surface area contributed by atoms with Gasteiger partial charge in [-0.1, -0.05) is 36.8 Å². The van der Waals surface area contributed by atoms with E-state index in [-0.39, 0.29) is 17.7 Å². The van der Waals surface area contributed by atoms with Crippen LogP contribution in [0.4, 0.5) is 5.69 Å². The number of benzene rings is 2. The Morgan fingerprint density at radius 2 is 1.68 bits per heavy atom. The third kappa shape index (κ3) is 4.14. The highest BCUT2D eigenvalue weighted by molar-refractivity contribution is 5.94. The molecule has 1 aliphatic carbocycles. The van der Waals surface area contributed by atoms with Crippen LogP contribution in [0.15, 0.2) is 48.7 Å². The molecule has 1 heterocycles. The van der Waals surface area contributed by atoms with Gasteiger partial charge in [0.1, 0.15) is 0 Å². The topological polar surface area (TPSA) is 42.0 Å². The van der Waals surface area contributed by atoms with Crippen molar-refractivity contribution in [1.29, 1.82) is 0 Å². The SMILES string of the molecule is Cc1cc(-c2ccccc2C)ccc1NC(=O)C1CCCC1c1ncc(C)c(C)c1C. The van der Waals surface area contributed by atoms with Crippen LogP contribution in [0.25, 0.3) is 11.1 Å². The van der Waals surface area contributed by atoms with Crippen LogP contribution in [0.2, 0.25) is 0 Å². The molecule has 1 aliphatic rings. The third-order valence-corrected chi connectivity index (χ3v) is 7.08. The summed E-state index contributed by atoms with van der Waals surface area (Å²) < 4.78 is 0. The van der Waals surface area contributed by atoms with Crippen molar-refractivity contribution in [2.75, 3.05) is 5.32 Å². The Labute approximate surface area is 185 Å². The number of rotatable bonds is 4. The van der Waals surface area contributed by atoms with E-state index < -0.39 is 0 Å². The Hall–Kier alpha value is -2.94. The maximum Gasteiger partial charge on any atom is 0.228 e. The van der Waals surface area contributed by atoms with Crippen molar-refractivity contribution < 1.29 is 4.79 Å². The monoisotopic (exact) mass is 412 g/mol. The molecule has 2 atom stereocenters. The lowest BCUT2D eigenvalue weighted by Gasteiger charge is -2.22. The van der Waals surface area contributed by atoms with Gasteiger partial charge in [-0.25, -0.2) is 0 Å². The minimum Gasteiger partial charge on any atom is -0.326 e. The Balaban J connectivity index is 1.55. The summed E-state index contributed by atoms with van der Waals surface area (Å²) in [4.78, 5) is 18.0. The molecule has 2 aromatic carbocycles. The largest absolute Gasteiger partial charge is 0.326 e. The van der Waals surface area contributed by atoms with E-state index in [1.807, 2.05) is 12.3 Å². The molecule has 3 heteroatoms. The number of nitrogens with zero attached hydrogens (tertiary/aromatic N) is 1. The number of anilines is 1. The number of aromatic nitrogens is 1. The molecule has 31 heavy (non-hydrogen) atoms. The number of aryl methyl sites for hydroxylation is 3. The van der Waals surface area contributed by atoms with E-state index in [1.165, 1.54) is 33.4 Å². The summed E-state index contributed by atoms with van der Waals surface area (Å²) in [5.74, 6) is 0.295. The minimum atomic E-state index is -0.0243. The van der Waals surface area contributed by atoms with E-state index in [0.717, 1.165) is 36.2 Å². The summed E-state index contributed by atoms with van der Waals surface area (Å²) in [6, 6.07) is 14.7. The van der Waals surface area contributed by atoms with Crippen molar-refractivity contribution in [3.63, 3.8) is 0 Å². The van der Waals surface area contributed by atoms with Crippen LogP contribution in [0.3, 0.4) is 0 Å². The standard InChI is InChI=1S/C28H32N2O/c1-17-9-6-7-10-23(17)22-13-14-26(18(2)15-22)30-28(31)25-12-8-11-24(25)27-21(5)20(4)19(3)16-29-27/h6-7,9-10,13-16,24-25H,8,11-12H2,1-5H3,(H,30,31). The molecule has 0 bridgehead atoms. The second-order valence-electron chi connectivity index (χ2n) is 9.05. The molecule has 1 N–H and O–H groups in total. The molecule has 1 aromatic heterocycles. The van der Waals surface area contributed by atoms with Gasteiger partial charge in [0, 0.05) is 29.4 Å². The molecule has 4 rings (SSSR count). The second kappa shape index (κ2) is 8.66. The molecule has 0 spiro atoms. The first-order valence-electron chi connectivity index (χ1n) is 11.3. The third-order valence-electron chi connectivity index (χ3n) is 7.08. The molecular formula is C28H32N2O. The first-order chi connectivity index (χ1) is 14.9. The highest BCUT2D eigenvalue weighted by Gasteiger charge is 2.36. The predicted molar refractivity (Wildman–Crippen MR) is 129 cm³/mol. The first-order valence-corrected chi connectivity index (χ1v) is 11.3.